The molecule has 0 spiro atoms. The fourth-order valence-corrected chi connectivity index (χ4v) is 2.98. The van der Waals surface area contributed by atoms with Crippen molar-refractivity contribution in [3.8, 4) is 0 Å². The predicted octanol–water partition coefficient (Wildman–Crippen LogP) is 0.931. The Morgan fingerprint density at radius 2 is 2.18 bits per heavy atom. The van der Waals surface area contributed by atoms with E-state index in [1.54, 1.807) is 16.7 Å². The minimum absolute atomic E-state index is 0.0437. The van der Waals surface area contributed by atoms with Crippen molar-refractivity contribution in [3.05, 3.63) is 23.8 Å². The minimum atomic E-state index is -0.0437. The van der Waals surface area contributed by atoms with E-state index in [-0.39, 0.29) is 11.2 Å². The van der Waals surface area contributed by atoms with Crippen molar-refractivity contribution in [2.24, 2.45) is 11.5 Å². The van der Waals surface area contributed by atoms with Crippen molar-refractivity contribution in [3.63, 3.8) is 0 Å². The third-order valence-corrected chi connectivity index (χ3v) is 3.97. The zero-order valence-electron chi connectivity index (χ0n) is 9.85. The number of carbonyl (C=O) groups is 1. The molecule has 1 aliphatic heterocycles. The number of thioether (sulfide) groups is 1. The van der Waals surface area contributed by atoms with E-state index >= 15 is 0 Å². The van der Waals surface area contributed by atoms with Crippen LogP contribution in [-0.2, 0) is 11.3 Å². The molecule has 0 fully saturated rings. The van der Waals surface area contributed by atoms with E-state index in [0.717, 1.165) is 16.1 Å². The predicted molar refractivity (Wildman–Crippen MR) is 71.1 cm³/mol. The highest BCUT2D eigenvalue weighted by Gasteiger charge is 2.30. The first-order chi connectivity index (χ1) is 8.17. The molecule has 1 amide bonds. The summed E-state index contributed by atoms with van der Waals surface area (Å²) in [6.07, 6.45) is 0. The second kappa shape index (κ2) is 5.08. The fourth-order valence-electron chi connectivity index (χ4n) is 1.94. The smallest absolute Gasteiger partial charge is 0.240 e. The van der Waals surface area contributed by atoms with Crippen LogP contribution in [0.5, 0.6) is 0 Å². The number of rotatable bonds is 3. The highest BCUT2D eigenvalue weighted by atomic mass is 32.2. The molecule has 0 radical (unpaired) electrons. The van der Waals surface area contributed by atoms with E-state index in [4.69, 9.17) is 11.5 Å². The van der Waals surface area contributed by atoms with Crippen LogP contribution >= 0.6 is 11.8 Å². The summed E-state index contributed by atoms with van der Waals surface area (Å²) in [5, 5.41) is -0.0437. The van der Waals surface area contributed by atoms with Gasteiger partial charge < -0.3 is 16.4 Å². The van der Waals surface area contributed by atoms with Crippen molar-refractivity contribution in [1.82, 2.24) is 0 Å². The lowest BCUT2D eigenvalue weighted by atomic mass is 10.1. The zero-order valence-corrected chi connectivity index (χ0v) is 10.7. The molecule has 1 aromatic carbocycles. The van der Waals surface area contributed by atoms with Crippen molar-refractivity contribution in [2.75, 3.05) is 18.0 Å². The maximum atomic E-state index is 12.1. The number of amides is 1. The normalized spacial score (nSPS) is 19.4. The molecule has 5 heteroatoms. The van der Waals surface area contributed by atoms with Crippen LogP contribution in [0.1, 0.15) is 12.5 Å². The van der Waals surface area contributed by atoms with E-state index in [2.05, 4.69) is 0 Å². The Bertz CT molecular complexity index is 436. The maximum absolute atomic E-state index is 12.1. The number of fused-ring (bicyclic) bond motifs is 1. The van der Waals surface area contributed by atoms with Gasteiger partial charge in [0, 0.05) is 24.5 Å². The first-order valence-electron chi connectivity index (χ1n) is 5.68. The Kier molecular flexibility index (Phi) is 3.71. The van der Waals surface area contributed by atoms with Gasteiger partial charge in [0.15, 0.2) is 0 Å². The molecule has 0 saturated carbocycles. The molecule has 0 aliphatic carbocycles. The number of nitrogens with two attached hydrogens (primary N) is 2. The van der Waals surface area contributed by atoms with E-state index in [1.165, 1.54) is 0 Å². The van der Waals surface area contributed by atoms with Gasteiger partial charge in [-0.25, -0.2) is 0 Å². The number of anilines is 1. The summed E-state index contributed by atoms with van der Waals surface area (Å²) in [6, 6.07) is 6.03. The van der Waals surface area contributed by atoms with Gasteiger partial charge in [-0.3, -0.25) is 4.79 Å². The largest absolute Gasteiger partial charge is 0.329 e. The van der Waals surface area contributed by atoms with Crippen LogP contribution in [-0.4, -0.2) is 24.2 Å². The summed E-state index contributed by atoms with van der Waals surface area (Å²) in [5.41, 5.74) is 13.2. The average molecular weight is 251 g/mol. The lowest BCUT2D eigenvalue weighted by Crippen LogP contribution is -2.42. The third kappa shape index (κ3) is 2.31. The summed E-state index contributed by atoms with van der Waals surface area (Å²) >= 11 is 1.60. The Labute approximate surface area is 105 Å². The zero-order chi connectivity index (χ0) is 12.4. The standard InChI is InChI=1S/C12H17N3OS/c1-8-12(16)15(5-4-13)10-6-9(7-14)2-3-11(10)17-8/h2-3,6,8H,4-5,7,13-14H2,1H3. The highest BCUT2D eigenvalue weighted by Crippen LogP contribution is 2.39. The van der Waals surface area contributed by atoms with Crippen LogP contribution in [0.2, 0.25) is 0 Å². The summed E-state index contributed by atoms with van der Waals surface area (Å²) < 4.78 is 0. The van der Waals surface area contributed by atoms with Crippen molar-refractivity contribution < 1.29 is 4.79 Å². The van der Waals surface area contributed by atoms with E-state index in [1.807, 2.05) is 25.1 Å². The summed E-state index contributed by atoms with van der Waals surface area (Å²) in [7, 11) is 0. The van der Waals surface area contributed by atoms with Crippen LogP contribution in [0, 0.1) is 0 Å². The lowest BCUT2D eigenvalue weighted by molar-refractivity contribution is -0.118. The molecular weight excluding hydrogens is 234 g/mol. The molecule has 4 N–H and O–H groups in total. The highest BCUT2D eigenvalue weighted by molar-refractivity contribution is 8.00. The summed E-state index contributed by atoms with van der Waals surface area (Å²) in [6.45, 7) is 3.44. The maximum Gasteiger partial charge on any atom is 0.240 e. The Morgan fingerprint density at radius 1 is 1.41 bits per heavy atom. The molecule has 1 heterocycles. The molecule has 17 heavy (non-hydrogen) atoms. The quantitative estimate of drug-likeness (QED) is 0.838. The average Bonchev–Trinajstić information content (AvgIpc) is 2.34. The second-order valence-electron chi connectivity index (χ2n) is 4.04. The van der Waals surface area contributed by atoms with Gasteiger partial charge in [-0.1, -0.05) is 6.07 Å². The van der Waals surface area contributed by atoms with E-state index in [0.29, 0.717) is 19.6 Å². The molecule has 0 aromatic heterocycles. The summed E-state index contributed by atoms with van der Waals surface area (Å²) in [5.74, 6) is 0.127. The van der Waals surface area contributed by atoms with Gasteiger partial charge in [0.1, 0.15) is 0 Å². The second-order valence-corrected chi connectivity index (χ2v) is 5.43. The Morgan fingerprint density at radius 3 is 2.82 bits per heavy atom. The van der Waals surface area contributed by atoms with Crippen LogP contribution in [0.25, 0.3) is 0 Å². The number of hydrogen-bond acceptors (Lipinski definition) is 4. The SMILES string of the molecule is CC1Sc2ccc(CN)cc2N(CCN)C1=O. The molecule has 1 aromatic rings. The number of carbonyl (C=O) groups excluding carboxylic acids is 1. The van der Waals surface area contributed by atoms with Crippen LogP contribution in [0.3, 0.4) is 0 Å². The van der Waals surface area contributed by atoms with Crippen molar-refractivity contribution >= 4 is 23.4 Å². The van der Waals surface area contributed by atoms with Gasteiger partial charge in [0.25, 0.3) is 0 Å². The Hall–Kier alpha value is -1.04. The first kappa shape index (κ1) is 12.4. The topological polar surface area (TPSA) is 72.3 Å². The number of benzene rings is 1. The minimum Gasteiger partial charge on any atom is -0.329 e. The lowest BCUT2D eigenvalue weighted by Gasteiger charge is -2.32. The van der Waals surface area contributed by atoms with Gasteiger partial charge in [-0.2, -0.15) is 0 Å². The number of hydrogen-bond donors (Lipinski definition) is 2. The van der Waals surface area contributed by atoms with Gasteiger partial charge in [0.05, 0.1) is 10.9 Å². The molecule has 1 unspecified atom stereocenters. The first-order valence-corrected chi connectivity index (χ1v) is 6.56. The van der Waals surface area contributed by atoms with Gasteiger partial charge >= 0.3 is 0 Å². The Balaban J connectivity index is 2.43. The molecule has 1 aliphatic rings. The molecule has 0 saturated heterocycles. The van der Waals surface area contributed by atoms with Gasteiger partial charge in [0.2, 0.25) is 5.91 Å². The van der Waals surface area contributed by atoms with Gasteiger partial charge in [-0.15, -0.1) is 11.8 Å². The molecule has 92 valence electrons. The molecule has 2 rings (SSSR count). The van der Waals surface area contributed by atoms with Crippen LogP contribution in [0.15, 0.2) is 23.1 Å². The van der Waals surface area contributed by atoms with Gasteiger partial charge in [-0.05, 0) is 24.6 Å². The molecule has 0 bridgehead atoms. The monoisotopic (exact) mass is 251 g/mol. The van der Waals surface area contributed by atoms with Crippen molar-refractivity contribution in [2.45, 2.75) is 23.6 Å². The third-order valence-electron chi connectivity index (χ3n) is 2.82. The van der Waals surface area contributed by atoms with Crippen LogP contribution < -0.4 is 16.4 Å². The van der Waals surface area contributed by atoms with E-state index in [9.17, 15) is 4.79 Å². The molecule has 4 nitrogen and oxygen atoms in total. The van der Waals surface area contributed by atoms with Crippen LogP contribution in [0.4, 0.5) is 5.69 Å². The molecular formula is C12H17N3OS. The van der Waals surface area contributed by atoms with E-state index < -0.39 is 0 Å². The number of nitrogens with zero attached hydrogens (tertiary/aromatic N) is 1. The summed E-state index contributed by atoms with van der Waals surface area (Å²) in [4.78, 5) is 15.0. The fraction of sp³-hybridized carbons (Fsp3) is 0.417. The molecule has 1 atom stereocenters. The van der Waals surface area contributed by atoms with Crippen molar-refractivity contribution in [1.29, 1.82) is 0 Å².